The Labute approximate surface area is 162 Å². The Hall–Kier alpha value is -2.95. The van der Waals surface area contributed by atoms with E-state index in [1.54, 1.807) is 16.8 Å². The lowest BCUT2D eigenvalue weighted by Crippen LogP contribution is -2.34. The molecule has 10 nitrogen and oxygen atoms in total. The van der Waals surface area contributed by atoms with E-state index in [0.29, 0.717) is 5.82 Å². The van der Waals surface area contributed by atoms with Crippen molar-refractivity contribution in [2.75, 3.05) is 13.1 Å². The zero-order valence-electron chi connectivity index (χ0n) is 14.7. The molecule has 2 amide bonds. The highest BCUT2D eigenvalue weighted by atomic mass is 79.9. The maximum Gasteiger partial charge on any atom is 0.316 e. The van der Waals surface area contributed by atoms with E-state index in [4.69, 9.17) is 8.94 Å². The highest BCUT2D eigenvalue weighted by Gasteiger charge is 2.17. The molecule has 0 aromatic carbocycles. The number of rotatable bonds is 7. The molecule has 2 N–H and O–H groups in total. The predicted molar refractivity (Wildman–Crippen MR) is 96.2 cm³/mol. The number of halogens is 1. The van der Waals surface area contributed by atoms with Crippen molar-refractivity contribution in [3.05, 3.63) is 51.7 Å². The average molecular weight is 437 g/mol. The SMILES string of the molecule is Cc1nn(Cc2noc(C(=O)NCCNC(=O)c3ccco3)n2)c(C)c1Br. The summed E-state index contributed by atoms with van der Waals surface area (Å²) in [7, 11) is 0. The molecule has 0 aliphatic heterocycles. The van der Waals surface area contributed by atoms with Gasteiger partial charge in [-0.25, -0.2) is 0 Å². The molecule has 0 fully saturated rings. The molecule has 0 unspecified atom stereocenters. The van der Waals surface area contributed by atoms with Crippen molar-refractivity contribution in [1.82, 2.24) is 30.6 Å². The molecule has 0 aliphatic carbocycles. The van der Waals surface area contributed by atoms with E-state index in [-0.39, 0.29) is 37.2 Å². The first kappa shape index (κ1) is 18.8. The van der Waals surface area contributed by atoms with Gasteiger partial charge in [0.25, 0.3) is 5.91 Å². The van der Waals surface area contributed by atoms with Crippen LogP contribution in [-0.4, -0.2) is 44.8 Å². The summed E-state index contributed by atoms with van der Waals surface area (Å²) in [6.07, 6.45) is 1.41. The number of carbonyl (C=O) groups is 2. The van der Waals surface area contributed by atoms with Crippen LogP contribution in [0.4, 0.5) is 0 Å². The van der Waals surface area contributed by atoms with Crippen LogP contribution >= 0.6 is 15.9 Å². The van der Waals surface area contributed by atoms with Crippen molar-refractivity contribution in [2.24, 2.45) is 0 Å². The molecule has 0 saturated carbocycles. The first-order chi connectivity index (χ1) is 13.0. The standard InChI is InChI=1S/C16H17BrN6O4/c1-9-13(17)10(2)23(21-9)8-12-20-16(27-22-12)15(25)19-6-5-18-14(24)11-4-3-7-26-11/h3-4,7H,5-6,8H2,1-2H3,(H,18,24)(H,19,25). The van der Waals surface area contributed by atoms with Crippen LogP contribution in [0.25, 0.3) is 0 Å². The highest BCUT2D eigenvalue weighted by Crippen LogP contribution is 2.20. The topological polar surface area (TPSA) is 128 Å². The summed E-state index contributed by atoms with van der Waals surface area (Å²) in [6.45, 7) is 4.51. The fraction of sp³-hybridized carbons (Fsp3) is 0.312. The van der Waals surface area contributed by atoms with Crippen LogP contribution in [0.3, 0.4) is 0 Å². The van der Waals surface area contributed by atoms with Crippen LogP contribution in [0.2, 0.25) is 0 Å². The molecule has 27 heavy (non-hydrogen) atoms. The molecule has 3 aromatic rings. The van der Waals surface area contributed by atoms with Crippen LogP contribution in [0.5, 0.6) is 0 Å². The molecule has 0 bridgehead atoms. The molecule has 142 valence electrons. The second-order valence-corrected chi connectivity index (χ2v) is 6.44. The zero-order valence-corrected chi connectivity index (χ0v) is 16.2. The minimum absolute atomic E-state index is 0.150. The van der Waals surface area contributed by atoms with Gasteiger partial charge in [-0.05, 0) is 41.9 Å². The van der Waals surface area contributed by atoms with Gasteiger partial charge >= 0.3 is 11.8 Å². The van der Waals surface area contributed by atoms with Crippen LogP contribution in [0.1, 0.15) is 38.5 Å². The molecular formula is C16H17BrN6O4. The number of furan rings is 1. The lowest BCUT2D eigenvalue weighted by Gasteiger charge is -2.03. The fourth-order valence-corrected chi connectivity index (χ4v) is 2.58. The summed E-state index contributed by atoms with van der Waals surface area (Å²) in [4.78, 5) is 27.8. The highest BCUT2D eigenvalue weighted by molar-refractivity contribution is 9.10. The Morgan fingerprint density at radius 1 is 1.22 bits per heavy atom. The summed E-state index contributed by atoms with van der Waals surface area (Å²) in [5.74, 6) is -0.480. The van der Waals surface area contributed by atoms with E-state index in [0.717, 1.165) is 15.9 Å². The zero-order chi connectivity index (χ0) is 19.4. The minimum atomic E-state index is -0.518. The normalized spacial score (nSPS) is 10.8. The number of amides is 2. The minimum Gasteiger partial charge on any atom is -0.459 e. The summed E-state index contributed by atoms with van der Waals surface area (Å²) in [6, 6.07) is 3.17. The van der Waals surface area contributed by atoms with Crippen molar-refractivity contribution >= 4 is 27.7 Å². The third-order valence-corrected chi connectivity index (χ3v) is 4.84. The van der Waals surface area contributed by atoms with E-state index in [1.165, 1.54) is 6.26 Å². The van der Waals surface area contributed by atoms with Gasteiger partial charge < -0.3 is 19.6 Å². The predicted octanol–water partition coefficient (Wildman–Crippen LogP) is 1.45. The monoisotopic (exact) mass is 436 g/mol. The van der Waals surface area contributed by atoms with Gasteiger partial charge in [0.2, 0.25) is 0 Å². The number of nitrogens with one attached hydrogen (secondary N) is 2. The molecule has 0 radical (unpaired) electrons. The molecule has 3 rings (SSSR count). The van der Waals surface area contributed by atoms with Crippen LogP contribution in [0, 0.1) is 13.8 Å². The van der Waals surface area contributed by atoms with Crippen molar-refractivity contribution in [1.29, 1.82) is 0 Å². The average Bonchev–Trinajstić information content (AvgIpc) is 3.38. The molecule has 3 heterocycles. The van der Waals surface area contributed by atoms with Crippen molar-refractivity contribution in [3.8, 4) is 0 Å². The molecular weight excluding hydrogens is 420 g/mol. The molecule has 0 saturated heterocycles. The quantitative estimate of drug-likeness (QED) is 0.536. The van der Waals surface area contributed by atoms with Gasteiger partial charge in [0, 0.05) is 13.1 Å². The summed E-state index contributed by atoms with van der Waals surface area (Å²) in [5, 5.41) is 13.4. The largest absolute Gasteiger partial charge is 0.459 e. The number of aryl methyl sites for hydroxylation is 1. The number of nitrogens with zero attached hydrogens (tertiary/aromatic N) is 4. The maximum absolute atomic E-state index is 12.0. The fourth-order valence-electron chi connectivity index (χ4n) is 2.30. The second kappa shape index (κ2) is 8.16. The van der Waals surface area contributed by atoms with Crippen LogP contribution < -0.4 is 10.6 Å². The van der Waals surface area contributed by atoms with Gasteiger partial charge in [-0.2, -0.15) is 10.1 Å². The van der Waals surface area contributed by atoms with Gasteiger partial charge in [-0.1, -0.05) is 5.16 Å². The summed E-state index contributed by atoms with van der Waals surface area (Å²) >= 11 is 3.45. The van der Waals surface area contributed by atoms with Gasteiger partial charge in [0.05, 0.1) is 22.1 Å². The summed E-state index contributed by atoms with van der Waals surface area (Å²) in [5.41, 5.74) is 1.78. The van der Waals surface area contributed by atoms with Gasteiger partial charge in [-0.15, -0.1) is 0 Å². The number of aromatic nitrogens is 4. The van der Waals surface area contributed by atoms with Gasteiger partial charge in [-0.3, -0.25) is 14.3 Å². The maximum atomic E-state index is 12.0. The van der Waals surface area contributed by atoms with Crippen LogP contribution in [-0.2, 0) is 6.54 Å². The van der Waals surface area contributed by atoms with Crippen LogP contribution in [0.15, 0.2) is 31.8 Å². The Morgan fingerprint density at radius 2 is 1.96 bits per heavy atom. The van der Waals surface area contributed by atoms with Crippen molar-refractivity contribution < 1.29 is 18.5 Å². The lowest BCUT2D eigenvalue weighted by molar-refractivity contribution is 0.0891. The second-order valence-electron chi connectivity index (χ2n) is 5.65. The molecule has 3 aromatic heterocycles. The number of hydrogen-bond acceptors (Lipinski definition) is 7. The molecule has 0 atom stereocenters. The number of hydrogen-bond donors (Lipinski definition) is 2. The van der Waals surface area contributed by atoms with E-state index in [1.807, 2.05) is 13.8 Å². The first-order valence-electron chi connectivity index (χ1n) is 8.07. The van der Waals surface area contributed by atoms with E-state index in [9.17, 15) is 9.59 Å². The van der Waals surface area contributed by atoms with Gasteiger partial charge in [0.15, 0.2) is 11.6 Å². The number of carbonyl (C=O) groups excluding carboxylic acids is 2. The van der Waals surface area contributed by atoms with E-state index in [2.05, 4.69) is 41.8 Å². The molecule has 0 aliphatic rings. The first-order valence-corrected chi connectivity index (χ1v) is 8.87. The molecule has 0 spiro atoms. The van der Waals surface area contributed by atoms with Crippen molar-refractivity contribution in [2.45, 2.75) is 20.4 Å². The molecule has 11 heteroatoms. The Kier molecular flexibility index (Phi) is 5.69. The third kappa shape index (κ3) is 4.42. The lowest BCUT2D eigenvalue weighted by atomic mass is 10.4. The third-order valence-electron chi connectivity index (χ3n) is 3.69. The Morgan fingerprint density at radius 3 is 2.59 bits per heavy atom. The smallest absolute Gasteiger partial charge is 0.316 e. The van der Waals surface area contributed by atoms with E-state index >= 15 is 0 Å². The van der Waals surface area contributed by atoms with Crippen molar-refractivity contribution in [3.63, 3.8) is 0 Å². The Bertz CT molecular complexity index is 946. The van der Waals surface area contributed by atoms with Gasteiger partial charge in [0.1, 0.15) is 6.54 Å². The summed E-state index contributed by atoms with van der Waals surface area (Å²) < 4.78 is 12.6. The Balaban J connectivity index is 1.48. The van der Waals surface area contributed by atoms with E-state index < -0.39 is 5.91 Å².